The molecule has 106 valence electrons. The number of halogens is 1. The summed E-state index contributed by atoms with van der Waals surface area (Å²) in [7, 11) is 0. The van der Waals surface area contributed by atoms with Crippen molar-refractivity contribution in [2.45, 2.75) is 32.3 Å². The summed E-state index contributed by atoms with van der Waals surface area (Å²) in [5, 5.41) is 0. The minimum absolute atomic E-state index is 0. The van der Waals surface area contributed by atoms with E-state index in [9.17, 15) is 4.79 Å². The van der Waals surface area contributed by atoms with Gasteiger partial charge in [-0.25, -0.2) is 0 Å². The van der Waals surface area contributed by atoms with Gasteiger partial charge in [-0.15, -0.1) is 12.4 Å². The van der Waals surface area contributed by atoms with Crippen LogP contribution in [0.5, 0.6) is 0 Å². The van der Waals surface area contributed by atoms with E-state index in [2.05, 4.69) is 4.90 Å². The maximum Gasteiger partial charge on any atom is 0.307 e. The van der Waals surface area contributed by atoms with Crippen LogP contribution in [0.25, 0.3) is 0 Å². The van der Waals surface area contributed by atoms with Crippen molar-refractivity contribution >= 4 is 18.4 Å². The Morgan fingerprint density at radius 2 is 1.79 bits per heavy atom. The smallest absolute Gasteiger partial charge is 0.307 e. The van der Waals surface area contributed by atoms with Crippen molar-refractivity contribution in [1.82, 2.24) is 4.90 Å². The largest absolute Gasteiger partial charge is 0.461 e. The van der Waals surface area contributed by atoms with Gasteiger partial charge in [0.25, 0.3) is 0 Å². The molecule has 19 heavy (non-hydrogen) atoms. The topological polar surface area (TPSA) is 29.5 Å². The molecule has 2 rings (SSSR count). The van der Waals surface area contributed by atoms with Crippen molar-refractivity contribution in [1.29, 1.82) is 0 Å². The van der Waals surface area contributed by atoms with Crippen LogP contribution in [0.4, 0.5) is 0 Å². The second-order valence-corrected chi connectivity index (χ2v) is 4.80. The van der Waals surface area contributed by atoms with Gasteiger partial charge in [-0.2, -0.15) is 0 Å². The van der Waals surface area contributed by atoms with E-state index in [0.29, 0.717) is 13.0 Å². The molecule has 0 aliphatic carbocycles. The third-order valence-corrected chi connectivity index (χ3v) is 3.32. The van der Waals surface area contributed by atoms with Crippen LogP contribution in [-0.2, 0) is 16.1 Å². The number of carbonyl (C=O) groups is 1. The Labute approximate surface area is 121 Å². The van der Waals surface area contributed by atoms with Gasteiger partial charge in [0.05, 0.1) is 6.42 Å². The number of ether oxygens (including phenoxy) is 1. The standard InChI is InChI=1S/C15H21NO2.ClH/c17-15(9-12-16-10-5-2-6-11-16)18-13-14-7-3-1-4-8-14;/h1,3-4,7-8H,2,5-6,9-13H2;1H. The zero-order chi connectivity index (χ0) is 12.6. The molecule has 0 bridgehead atoms. The van der Waals surface area contributed by atoms with E-state index in [-0.39, 0.29) is 18.4 Å². The number of likely N-dealkylation sites (tertiary alicyclic amines) is 1. The molecule has 0 amide bonds. The van der Waals surface area contributed by atoms with Crippen LogP contribution in [0.15, 0.2) is 30.3 Å². The molecule has 0 radical (unpaired) electrons. The summed E-state index contributed by atoms with van der Waals surface area (Å²) in [4.78, 5) is 14.0. The summed E-state index contributed by atoms with van der Waals surface area (Å²) in [6, 6.07) is 9.81. The van der Waals surface area contributed by atoms with E-state index in [1.807, 2.05) is 30.3 Å². The van der Waals surface area contributed by atoms with E-state index in [0.717, 1.165) is 25.2 Å². The molecule has 1 aliphatic rings. The lowest BCUT2D eigenvalue weighted by molar-refractivity contribution is -0.145. The molecule has 0 aromatic heterocycles. The first kappa shape index (κ1) is 16.0. The van der Waals surface area contributed by atoms with Crippen LogP contribution in [0, 0.1) is 0 Å². The monoisotopic (exact) mass is 283 g/mol. The minimum Gasteiger partial charge on any atom is -0.461 e. The lowest BCUT2D eigenvalue weighted by Gasteiger charge is -2.25. The molecular formula is C15H22ClNO2. The molecule has 4 heteroatoms. The zero-order valence-electron chi connectivity index (χ0n) is 11.2. The van der Waals surface area contributed by atoms with Crippen molar-refractivity contribution < 1.29 is 9.53 Å². The number of carbonyl (C=O) groups excluding carboxylic acids is 1. The van der Waals surface area contributed by atoms with Gasteiger partial charge in [0.15, 0.2) is 0 Å². The normalized spacial score (nSPS) is 15.6. The molecule has 1 aromatic carbocycles. The number of benzene rings is 1. The van der Waals surface area contributed by atoms with Crippen LogP contribution < -0.4 is 0 Å². The number of nitrogens with zero attached hydrogens (tertiary/aromatic N) is 1. The Kier molecular flexibility index (Phi) is 7.53. The summed E-state index contributed by atoms with van der Waals surface area (Å²) >= 11 is 0. The Morgan fingerprint density at radius 1 is 1.11 bits per heavy atom. The summed E-state index contributed by atoms with van der Waals surface area (Å²) in [6.07, 6.45) is 4.36. The van der Waals surface area contributed by atoms with E-state index in [1.165, 1.54) is 19.3 Å². The number of rotatable bonds is 5. The Bertz CT molecular complexity index is 364. The third kappa shape index (κ3) is 6.08. The molecule has 1 saturated heterocycles. The van der Waals surface area contributed by atoms with Crippen molar-refractivity contribution in [3.8, 4) is 0 Å². The Balaban J connectivity index is 0.00000180. The minimum atomic E-state index is -0.0931. The highest BCUT2D eigenvalue weighted by atomic mass is 35.5. The van der Waals surface area contributed by atoms with E-state index < -0.39 is 0 Å². The fourth-order valence-electron chi connectivity index (χ4n) is 2.24. The van der Waals surface area contributed by atoms with Crippen molar-refractivity contribution in [2.24, 2.45) is 0 Å². The first-order valence-electron chi connectivity index (χ1n) is 6.76. The first-order valence-corrected chi connectivity index (χ1v) is 6.76. The first-order chi connectivity index (χ1) is 8.84. The van der Waals surface area contributed by atoms with Gasteiger partial charge in [0, 0.05) is 6.54 Å². The highest BCUT2D eigenvalue weighted by Gasteiger charge is 2.12. The maximum absolute atomic E-state index is 11.6. The molecular weight excluding hydrogens is 262 g/mol. The Morgan fingerprint density at radius 3 is 2.47 bits per heavy atom. The molecule has 1 aromatic rings. The highest BCUT2D eigenvalue weighted by molar-refractivity contribution is 5.85. The van der Waals surface area contributed by atoms with Crippen LogP contribution in [0.2, 0.25) is 0 Å². The molecule has 1 heterocycles. The van der Waals surface area contributed by atoms with Crippen LogP contribution in [0.3, 0.4) is 0 Å². The summed E-state index contributed by atoms with van der Waals surface area (Å²) in [6.45, 7) is 3.49. The SMILES string of the molecule is Cl.O=C(CCN1CCCCC1)OCc1ccccc1. The summed E-state index contributed by atoms with van der Waals surface area (Å²) < 4.78 is 5.25. The molecule has 3 nitrogen and oxygen atoms in total. The molecule has 0 N–H and O–H groups in total. The number of piperidine rings is 1. The quantitative estimate of drug-likeness (QED) is 0.778. The number of hydrogen-bond acceptors (Lipinski definition) is 3. The Hall–Kier alpha value is -1.06. The second kappa shape index (κ2) is 8.94. The second-order valence-electron chi connectivity index (χ2n) is 4.80. The van der Waals surface area contributed by atoms with E-state index in [1.54, 1.807) is 0 Å². The van der Waals surface area contributed by atoms with Gasteiger partial charge in [0.2, 0.25) is 0 Å². The average molecular weight is 284 g/mol. The van der Waals surface area contributed by atoms with Crippen LogP contribution in [0.1, 0.15) is 31.2 Å². The molecule has 1 aliphatic heterocycles. The fourth-order valence-corrected chi connectivity index (χ4v) is 2.24. The number of hydrogen-bond donors (Lipinski definition) is 0. The van der Waals surface area contributed by atoms with Crippen molar-refractivity contribution in [3.05, 3.63) is 35.9 Å². The number of esters is 1. The van der Waals surface area contributed by atoms with Gasteiger partial charge >= 0.3 is 5.97 Å². The van der Waals surface area contributed by atoms with Crippen molar-refractivity contribution in [3.63, 3.8) is 0 Å². The van der Waals surface area contributed by atoms with E-state index >= 15 is 0 Å². The lowest BCUT2D eigenvalue weighted by atomic mass is 10.1. The van der Waals surface area contributed by atoms with Gasteiger partial charge in [-0.05, 0) is 31.5 Å². The van der Waals surface area contributed by atoms with Gasteiger partial charge < -0.3 is 9.64 Å². The fraction of sp³-hybridized carbons (Fsp3) is 0.533. The van der Waals surface area contributed by atoms with Crippen molar-refractivity contribution in [2.75, 3.05) is 19.6 Å². The van der Waals surface area contributed by atoms with E-state index in [4.69, 9.17) is 4.74 Å². The zero-order valence-corrected chi connectivity index (χ0v) is 12.0. The molecule has 0 spiro atoms. The predicted molar refractivity (Wildman–Crippen MR) is 78.4 cm³/mol. The summed E-state index contributed by atoms with van der Waals surface area (Å²) in [5.74, 6) is -0.0931. The van der Waals surface area contributed by atoms with Gasteiger partial charge in [0.1, 0.15) is 6.61 Å². The van der Waals surface area contributed by atoms with Crippen LogP contribution in [-0.4, -0.2) is 30.5 Å². The molecule has 1 fully saturated rings. The van der Waals surface area contributed by atoms with Crippen LogP contribution >= 0.6 is 12.4 Å². The lowest BCUT2D eigenvalue weighted by Crippen LogP contribution is -2.31. The maximum atomic E-state index is 11.6. The average Bonchev–Trinajstić information content (AvgIpc) is 2.45. The highest BCUT2D eigenvalue weighted by Crippen LogP contribution is 2.09. The molecule has 0 unspecified atom stereocenters. The third-order valence-electron chi connectivity index (χ3n) is 3.32. The summed E-state index contributed by atoms with van der Waals surface area (Å²) in [5.41, 5.74) is 1.05. The van der Waals surface area contributed by atoms with Gasteiger partial charge in [-0.1, -0.05) is 36.8 Å². The predicted octanol–water partition coefficient (Wildman–Crippen LogP) is 3.03. The molecule has 0 atom stereocenters. The van der Waals surface area contributed by atoms with Gasteiger partial charge in [-0.3, -0.25) is 4.79 Å². The molecule has 0 saturated carbocycles.